The zero-order valence-electron chi connectivity index (χ0n) is 13.4. The van der Waals surface area contributed by atoms with E-state index in [2.05, 4.69) is 25.4 Å². The number of hydrogen-bond acceptors (Lipinski definition) is 5. The van der Waals surface area contributed by atoms with E-state index in [4.69, 9.17) is 11.6 Å². The molecule has 0 bridgehead atoms. The summed E-state index contributed by atoms with van der Waals surface area (Å²) in [4.78, 5) is 6.50. The van der Waals surface area contributed by atoms with Crippen LogP contribution in [0.2, 0.25) is 5.02 Å². The Hall–Kier alpha value is -2.09. The minimum absolute atomic E-state index is 0.150. The Morgan fingerprint density at radius 1 is 1.08 bits per heavy atom. The SMILES string of the molecule is FC(F)(F)c1cc(Nc2nncc(N3CCCCCC3)n2)ccc1Cl. The van der Waals surface area contributed by atoms with Crippen LogP contribution in [0.3, 0.4) is 0 Å². The number of rotatable bonds is 3. The van der Waals surface area contributed by atoms with E-state index in [0.717, 1.165) is 32.0 Å². The van der Waals surface area contributed by atoms with Crippen LogP contribution in [0.5, 0.6) is 0 Å². The van der Waals surface area contributed by atoms with Crippen molar-refractivity contribution in [2.24, 2.45) is 0 Å². The molecule has 2 aromatic rings. The lowest BCUT2D eigenvalue weighted by molar-refractivity contribution is -0.137. The minimum Gasteiger partial charge on any atom is -0.355 e. The van der Waals surface area contributed by atoms with Gasteiger partial charge in [-0.05, 0) is 31.0 Å². The quantitative estimate of drug-likeness (QED) is 0.849. The molecule has 134 valence electrons. The van der Waals surface area contributed by atoms with Crippen LogP contribution in [0, 0.1) is 0 Å². The van der Waals surface area contributed by atoms with Gasteiger partial charge in [-0.2, -0.15) is 23.3 Å². The van der Waals surface area contributed by atoms with Crippen LogP contribution in [-0.4, -0.2) is 28.3 Å². The molecule has 1 aromatic heterocycles. The Balaban J connectivity index is 1.80. The predicted molar refractivity (Wildman–Crippen MR) is 90.2 cm³/mol. The lowest BCUT2D eigenvalue weighted by Crippen LogP contribution is -2.25. The van der Waals surface area contributed by atoms with Crippen molar-refractivity contribution in [1.82, 2.24) is 15.2 Å². The first kappa shape index (κ1) is 17.7. The molecule has 1 aliphatic heterocycles. The average molecular weight is 372 g/mol. The fourth-order valence-electron chi connectivity index (χ4n) is 2.75. The molecule has 1 N–H and O–H groups in total. The summed E-state index contributed by atoms with van der Waals surface area (Å²) in [6.45, 7) is 1.77. The number of halogens is 4. The summed E-state index contributed by atoms with van der Waals surface area (Å²) in [6, 6.07) is 3.57. The number of alkyl halides is 3. The normalized spacial score (nSPS) is 15.8. The van der Waals surface area contributed by atoms with Gasteiger partial charge in [0.05, 0.1) is 16.8 Å². The van der Waals surface area contributed by atoms with Crippen LogP contribution < -0.4 is 10.2 Å². The van der Waals surface area contributed by atoms with Crippen LogP contribution >= 0.6 is 11.6 Å². The number of hydrogen-bond donors (Lipinski definition) is 1. The highest BCUT2D eigenvalue weighted by Crippen LogP contribution is 2.36. The molecule has 1 aliphatic rings. The maximum absolute atomic E-state index is 13.0. The number of nitrogens with zero attached hydrogens (tertiary/aromatic N) is 4. The van der Waals surface area contributed by atoms with Gasteiger partial charge in [0.25, 0.3) is 0 Å². The molecule has 1 saturated heterocycles. The van der Waals surface area contributed by atoms with Gasteiger partial charge < -0.3 is 10.2 Å². The molecule has 2 heterocycles. The summed E-state index contributed by atoms with van der Waals surface area (Å²) in [5.74, 6) is 0.821. The summed E-state index contributed by atoms with van der Waals surface area (Å²) in [5, 5.41) is 10.2. The molecule has 0 spiro atoms. The number of benzene rings is 1. The van der Waals surface area contributed by atoms with Crippen molar-refractivity contribution in [3.05, 3.63) is 35.0 Å². The molecule has 0 amide bonds. The Bertz CT molecular complexity index is 730. The van der Waals surface area contributed by atoms with Crippen molar-refractivity contribution in [3.63, 3.8) is 0 Å². The molecule has 1 fully saturated rings. The van der Waals surface area contributed by atoms with Gasteiger partial charge in [-0.25, -0.2) is 0 Å². The third kappa shape index (κ3) is 4.50. The lowest BCUT2D eigenvalue weighted by atomic mass is 10.2. The van der Waals surface area contributed by atoms with Gasteiger partial charge >= 0.3 is 6.18 Å². The number of anilines is 3. The fourth-order valence-corrected chi connectivity index (χ4v) is 2.97. The largest absolute Gasteiger partial charge is 0.417 e. The summed E-state index contributed by atoms with van der Waals surface area (Å²) < 4.78 is 38.9. The summed E-state index contributed by atoms with van der Waals surface area (Å²) >= 11 is 5.63. The molecule has 0 saturated carbocycles. The number of nitrogens with one attached hydrogen (secondary N) is 1. The average Bonchev–Trinajstić information content (AvgIpc) is 2.85. The summed E-state index contributed by atoms with van der Waals surface area (Å²) in [5.41, 5.74) is -0.706. The predicted octanol–water partition coefficient (Wildman–Crippen LogP) is 4.67. The summed E-state index contributed by atoms with van der Waals surface area (Å²) in [6.07, 6.45) is 1.58. The van der Waals surface area contributed by atoms with Crippen molar-refractivity contribution in [1.29, 1.82) is 0 Å². The first-order valence-corrected chi connectivity index (χ1v) is 8.40. The van der Waals surface area contributed by atoms with Gasteiger partial charge in [0.1, 0.15) is 0 Å². The highest BCUT2D eigenvalue weighted by Gasteiger charge is 2.33. The van der Waals surface area contributed by atoms with E-state index in [0.29, 0.717) is 5.82 Å². The fraction of sp³-hybridized carbons (Fsp3) is 0.438. The zero-order valence-corrected chi connectivity index (χ0v) is 14.1. The molecule has 0 unspecified atom stereocenters. The van der Waals surface area contributed by atoms with Gasteiger partial charge in [0, 0.05) is 18.8 Å². The van der Waals surface area contributed by atoms with Gasteiger partial charge in [-0.1, -0.05) is 24.4 Å². The number of aromatic nitrogens is 3. The zero-order chi connectivity index (χ0) is 17.9. The van der Waals surface area contributed by atoms with Crippen molar-refractivity contribution in [2.45, 2.75) is 31.9 Å². The van der Waals surface area contributed by atoms with Crippen LogP contribution in [-0.2, 0) is 6.18 Å². The topological polar surface area (TPSA) is 53.9 Å². The third-order valence-electron chi connectivity index (χ3n) is 4.00. The minimum atomic E-state index is -4.53. The first-order chi connectivity index (χ1) is 11.9. The molecule has 25 heavy (non-hydrogen) atoms. The van der Waals surface area contributed by atoms with E-state index < -0.39 is 11.7 Å². The van der Waals surface area contributed by atoms with Crippen LogP contribution in [0.1, 0.15) is 31.2 Å². The van der Waals surface area contributed by atoms with Crippen LogP contribution in [0.4, 0.5) is 30.6 Å². The highest BCUT2D eigenvalue weighted by molar-refractivity contribution is 6.31. The monoisotopic (exact) mass is 371 g/mol. The smallest absolute Gasteiger partial charge is 0.355 e. The molecule has 0 atom stereocenters. The maximum atomic E-state index is 13.0. The van der Waals surface area contributed by atoms with Crippen molar-refractivity contribution in [3.8, 4) is 0 Å². The third-order valence-corrected chi connectivity index (χ3v) is 4.33. The molecule has 0 radical (unpaired) electrons. The maximum Gasteiger partial charge on any atom is 0.417 e. The Kier molecular flexibility index (Phi) is 5.27. The standard InChI is InChI=1S/C16H17ClF3N5/c17-13-6-5-11(9-12(13)16(18,19)20)22-15-23-14(10-21-24-15)25-7-3-1-2-4-8-25/h5-6,9-10H,1-4,7-8H2,(H,22,23,24). The van der Waals surface area contributed by atoms with E-state index in [1.807, 2.05) is 0 Å². The van der Waals surface area contributed by atoms with Crippen molar-refractivity contribution < 1.29 is 13.2 Å². The van der Waals surface area contributed by atoms with Gasteiger partial charge in [0.2, 0.25) is 5.95 Å². The molecular weight excluding hydrogens is 355 g/mol. The molecular formula is C16H17ClF3N5. The van der Waals surface area contributed by atoms with E-state index in [-0.39, 0.29) is 16.7 Å². The lowest BCUT2D eigenvalue weighted by Gasteiger charge is -2.21. The molecule has 5 nitrogen and oxygen atoms in total. The first-order valence-electron chi connectivity index (χ1n) is 8.02. The van der Waals surface area contributed by atoms with E-state index in [1.54, 1.807) is 6.20 Å². The Morgan fingerprint density at radius 2 is 1.80 bits per heavy atom. The second-order valence-corrected chi connectivity index (χ2v) is 6.26. The van der Waals surface area contributed by atoms with Crippen molar-refractivity contribution in [2.75, 3.05) is 23.3 Å². The summed E-state index contributed by atoms with van der Waals surface area (Å²) in [7, 11) is 0. The van der Waals surface area contributed by atoms with Crippen LogP contribution in [0.25, 0.3) is 0 Å². The molecule has 1 aromatic carbocycles. The molecule has 0 aliphatic carbocycles. The Morgan fingerprint density at radius 3 is 2.48 bits per heavy atom. The highest BCUT2D eigenvalue weighted by atomic mass is 35.5. The Labute approximate surface area is 148 Å². The van der Waals surface area contributed by atoms with Gasteiger partial charge in [-0.15, -0.1) is 5.10 Å². The second kappa shape index (κ2) is 7.43. The van der Waals surface area contributed by atoms with E-state index in [9.17, 15) is 13.2 Å². The van der Waals surface area contributed by atoms with E-state index in [1.165, 1.54) is 25.0 Å². The van der Waals surface area contributed by atoms with Gasteiger partial charge in [-0.3, -0.25) is 0 Å². The van der Waals surface area contributed by atoms with Crippen LogP contribution in [0.15, 0.2) is 24.4 Å². The van der Waals surface area contributed by atoms with Gasteiger partial charge in [0.15, 0.2) is 5.82 Å². The molecule has 9 heteroatoms. The second-order valence-electron chi connectivity index (χ2n) is 5.86. The van der Waals surface area contributed by atoms with E-state index >= 15 is 0 Å². The molecule has 3 rings (SSSR count). The van der Waals surface area contributed by atoms with Crippen molar-refractivity contribution >= 4 is 29.1 Å².